The lowest BCUT2D eigenvalue weighted by Gasteiger charge is -1.96. The van der Waals surface area contributed by atoms with Crippen LogP contribution in [-0.4, -0.2) is 40.4 Å². The van der Waals surface area contributed by atoms with Crippen molar-refractivity contribution in [3.05, 3.63) is 0 Å². The van der Waals surface area contributed by atoms with E-state index < -0.39 is 28.3 Å². The lowest BCUT2D eigenvalue weighted by molar-refractivity contribution is -0.135. The number of carboxylic acids is 1. The van der Waals surface area contributed by atoms with Gasteiger partial charge in [0.15, 0.2) is 0 Å². The second-order valence-corrected chi connectivity index (χ2v) is 4.87. The average Bonchev–Trinajstić information content (AvgIpc) is 1.79. The fourth-order valence-corrected chi connectivity index (χ4v) is 0.847. The molecule has 0 unspecified atom stereocenters. The Hall–Kier alpha value is -1.11. The van der Waals surface area contributed by atoms with Gasteiger partial charge in [0.25, 0.3) is 0 Å². The summed E-state index contributed by atoms with van der Waals surface area (Å²) in [6.45, 7) is -0.516. The number of hydrogen-bond acceptors (Lipinski definition) is 3. The highest BCUT2D eigenvalue weighted by Gasteiger charge is 2.02. The largest absolute Gasteiger partial charge is 0.480 e. The monoisotopic (exact) mass is 194 g/mol. The van der Waals surface area contributed by atoms with E-state index in [1.54, 1.807) is 0 Å². The molecule has 0 aromatic rings. The maximum atomic E-state index is 10.9. The van der Waals surface area contributed by atoms with Crippen LogP contribution in [0.3, 0.4) is 0 Å². The fraction of sp³-hybridized carbons (Fsp3) is 0.600. The first-order valence-electron chi connectivity index (χ1n) is 2.98. The number of aliphatic carboxylic acids is 1. The number of nitrogens with zero attached hydrogens (tertiary/aromatic N) is 1. The third-order valence-electron chi connectivity index (χ3n) is 0.694. The number of hydrogen-bond donors (Lipinski definition) is 2. The maximum Gasteiger partial charge on any atom is 0.349 e. The van der Waals surface area contributed by atoms with E-state index in [2.05, 4.69) is 4.36 Å². The van der Waals surface area contributed by atoms with Gasteiger partial charge in [-0.15, -0.1) is 4.36 Å². The van der Waals surface area contributed by atoms with E-state index in [1.165, 1.54) is 12.5 Å². The third-order valence-corrected chi connectivity index (χ3v) is 1.30. The van der Waals surface area contributed by atoms with Crippen molar-refractivity contribution in [2.75, 3.05) is 19.1 Å². The first-order chi connectivity index (χ1) is 5.31. The van der Waals surface area contributed by atoms with Gasteiger partial charge in [-0.2, -0.15) is 0 Å². The van der Waals surface area contributed by atoms with Gasteiger partial charge in [-0.1, -0.05) is 0 Å². The molecule has 0 heterocycles. The molecule has 0 atom stereocenters. The molecule has 0 rings (SSSR count). The molecule has 0 fully saturated rings. The highest BCUT2D eigenvalue weighted by atomic mass is 32.2. The molecule has 0 aromatic carbocycles. The first-order valence-corrected chi connectivity index (χ1v) is 5.31. The second kappa shape index (κ2) is 4.05. The van der Waals surface area contributed by atoms with Crippen LogP contribution in [0.2, 0.25) is 0 Å². The van der Waals surface area contributed by atoms with Crippen molar-refractivity contribution in [3.8, 4) is 0 Å². The van der Waals surface area contributed by atoms with Crippen LogP contribution in [0.4, 0.5) is 4.79 Å². The minimum Gasteiger partial charge on any atom is -0.480 e. The van der Waals surface area contributed by atoms with Crippen molar-refractivity contribution < 1.29 is 18.9 Å². The predicted octanol–water partition coefficient (Wildman–Crippen LogP) is -0.492. The summed E-state index contributed by atoms with van der Waals surface area (Å²) in [5, 5.41) is 10.1. The SMILES string of the molecule is CS(C)(=O)=NC(=O)NCC(=O)O. The summed E-state index contributed by atoms with van der Waals surface area (Å²) in [5.41, 5.74) is 0. The lowest BCUT2D eigenvalue weighted by Crippen LogP contribution is -2.27. The van der Waals surface area contributed by atoms with E-state index in [0.29, 0.717) is 0 Å². The zero-order chi connectivity index (χ0) is 9.78. The number of carboxylic acid groups (broad SMARTS) is 1. The van der Waals surface area contributed by atoms with Crippen molar-refractivity contribution >= 4 is 21.7 Å². The van der Waals surface area contributed by atoms with E-state index in [9.17, 15) is 13.8 Å². The van der Waals surface area contributed by atoms with Crippen LogP contribution in [0.1, 0.15) is 0 Å². The lowest BCUT2D eigenvalue weighted by atomic mass is 10.7. The minimum atomic E-state index is -2.50. The molecule has 70 valence electrons. The Morgan fingerprint density at radius 3 is 2.33 bits per heavy atom. The Kier molecular flexibility index (Phi) is 3.68. The topological polar surface area (TPSA) is 95.8 Å². The van der Waals surface area contributed by atoms with Crippen LogP contribution in [-0.2, 0) is 14.5 Å². The second-order valence-electron chi connectivity index (χ2n) is 2.32. The number of amides is 2. The van der Waals surface area contributed by atoms with Crippen LogP contribution < -0.4 is 5.32 Å². The average molecular weight is 194 g/mol. The van der Waals surface area contributed by atoms with E-state index in [1.807, 2.05) is 5.32 Å². The van der Waals surface area contributed by atoms with Gasteiger partial charge in [0, 0.05) is 12.5 Å². The van der Waals surface area contributed by atoms with Crippen molar-refractivity contribution in [1.29, 1.82) is 0 Å². The van der Waals surface area contributed by atoms with Gasteiger partial charge >= 0.3 is 12.0 Å². The fourth-order valence-electron chi connectivity index (χ4n) is 0.383. The molecule has 2 N–H and O–H groups in total. The Bertz CT molecular complexity index is 295. The molecule has 0 saturated heterocycles. The van der Waals surface area contributed by atoms with Gasteiger partial charge in [0.1, 0.15) is 6.54 Å². The van der Waals surface area contributed by atoms with Gasteiger partial charge in [-0.25, -0.2) is 9.00 Å². The number of rotatable bonds is 2. The molecule has 0 spiro atoms. The van der Waals surface area contributed by atoms with Crippen LogP contribution in [0.25, 0.3) is 0 Å². The molecule has 0 radical (unpaired) electrons. The molecular formula is C5H10N2O4S. The number of carbonyl (C=O) groups excluding carboxylic acids is 1. The molecule has 0 bridgehead atoms. The Labute approximate surface area is 70.1 Å². The van der Waals surface area contributed by atoms with Gasteiger partial charge in [-0.3, -0.25) is 4.79 Å². The highest BCUT2D eigenvalue weighted by molar-refractivity contribution is 7.92. The molecule has 0 aliphatic rings. The third kappa shape index (κ3) is 7.00. The van der Waals surface area contributed by atoms with E-state index in [4.69, 9.17) is 5.11 Å². The molecule has 6 nitrogen and oxygen atoms in total. The smallest absolute Gasteiger partial charge is 0.349 e. The number of nitrogens with one attached hydrogen (secondary N) is 1. The van der Waals surface area contributed by atoms with Crippen LogP contribution in [0.5, 0.6) is 0 Å². The maximum absolute atomic E-state index is 10.9. The molecule has 2 amide bonds. The highest BCUT2D eigenvalue weighted by Crippen LogP contribution is 1.84. The molecular weight excluding hydrogens is 184 g/mol. The summed E-state index contributed by atoms with van der Waals surface area (Å²) in [7, 11) is -2.50. The van der Waals surface area contributed by atoms with Gasteiger partial charge < -0.3 is 10.4 Å². The molecule has 12 heavy (non-hydrogen) atoms. The van der Waals surface area contributed by atoms with Crippen molar-refractivity contribution in [2.24, 2.45) is 4.36 Å². The predicted molar refractivity (Wildman–Crippen MR) is 43.5 cm³/mol. The van der Waals surface area contributed by atoms with E-state index >= 15 is 0 Å². The van der Waals surface area contributed by atoms with Crippen molar-refractivity contribution in [1.82, 2.24) is 5.32 Å². The Balaban J connectivity index is 4.10. The van der Waals surface area contributed by atoms with Gasteiger partial charge in [-0.05, 0) is 0 Å². The zero-order valence-corrected chi connectivity index (χ0v) is 7.55. The minimum absolute atomic E-state index is 0.516. The van der Waals surface area contributed by atoms with E-state index in [-0.39, 0.29) is 0 Å². The first kappa shape index (κ1) is 10.9. The normalized spacial score (nSPS) is 10.5. The van der Waals surface area contributed by atoms with Gasteiger partial charge in [0.2, 0.25) is 0 Å². The van der Waals surface area contributed by atoms with Crippen LogP contribution >= 0.6 is 0 Å². The summed E-state index contributed by atoms with van der Waals surface area (Å²) >= 11 is 0. The summed E-state index contributed by atoms with van der Waals surface area (Å²) in [4.78, 5) is 20.6. The van der Waals surface area contributed by atoms with E-state index in [0.717, 1.165) is 0 Å². The number of carbonyl (C=O) groups is 2. The van der Waals surface area contributed by atoms with Crippen molar-refractivity contribution in [2.45, 2.75) is 0 Å². The molecule has 0 aliphatic heterocycles. The standard InChI is InChI=1S/C5H10N2O4S/c1-12(2,11)7-5(10)6-3-4(8)9/h3H2,1-2H3,(H,6,10)(H,8,9). The zero-order valence-electron chi connectivity index (χ0n) is 6.73. The number of urea groups is 1. The Morgan fingerprint density at radius 1 is 1.50 bits per heavy atom. The summed E-state index contributed by atoms with van der Waals surface area (Å²) in [6.07, 6.45) is 2.57. The summed E-state index contributed by atoms with van der Waals surface area (Å²) in [5.74, 6) is -1.17. The molecule has 0 aliphatic carbocycles. The molecule has 7 heteroatoms. The van der Waals surface area contributed by atoms with Gasteiger partial charge in [0.05, 0.1) is 9.73 Å². The van der Waals surface area contributed by atoms with Crippen molar-refractivity contribution in [3.63, 3.8) is 0 Å². The quantitative estimate of drug-likeness (QED) is 0.619. The summed E-state index contributed by atoms with van der Waals surface area (Å²) in [6, 6.07) is -0.868. The van der Waals surface area contributed by atoms with Crippen LogP contribution in [0, 0.1) is 0 Å². The molecule has 0 aromatic heterocycles. The van der Waals surface area contributed by atoms with Crippen LogP contribution in [0.15, 0.2) is 4.36 Å². The Morgan fingerprint density at radius 2 is 2.00 bits per heavy atom. The summed E-state index contributed by atoms with van der Waals surface area (Å²) < 4.78 is 14.1. The molecule has 0 saturated carbocycles.